The Morgan fingerprint density at radius 1 is 0.879 bits per heavy atom. The Bertz CT molecular complexity index is 887. The minimum absolute atomic E-state index is 0.0158. The van der Waals surface area contributed by atoms with Crippen LogP contribution in [0.2, 0.25) is 0 Å². The van der Waals surface area contributed by atoms with Crippen LogP contribution in [0.3, 0.4) is 0 Å². The summed E-state index contributed by atoms with van der Waals surface area (Å²) in [6.07, 6.45) is 11.0. The Balaban J connectivity index is 0.993. The first-order chi connectivity index (χ1) is 15.9. The summed E-state index contributed by atoms with van der Waals surface area (Å²) in [6, 6.07) is 7.99. The van der Waals surface area contributed by atoms with E-state index in [1.54, 1.807) is 0 Å². The van der Waals surface area contributed by atoms with Gasteiger partial charge in [-0.25, -0.2) is 0 Å². The maximum absolute atomic E-state index is 12.9. The molecule has 0 radical (unpaired) electrons. The fourth-order valence-corrected chi connectivity index (χ4v) is 7.32. The number of aliphatic hydroxyl groups is 1. The highest BCUT2D eigenvalue weighted by molar-refractivity contribution is 5.94. The molecule has 0 spiro atoms. The van der Waals surface area contributed by atoms with Crippen LogP contribution in [0.25, 0.3) is 0 Å². The third kappa shape index (κ3) is 4.51. The molecule has 3 N–H and O–H groups in total. The molecule has 6 aliphatic carbocycles. The predicted octanol–water partition coefficient (Wildman–Crippen LogP) is 3.57. The van der Waals surface area contributed by atoms with E-state index < -0.39 is 5.60 Å². The van der Waals surface area contributed by atoms with Crippen molar-refractivity contribution in [2.45, 2.75) is 94.4 Å². The van der Waals surface area contributed by atoms with Crippen LogP contribution in [-0.2, 0) is 4.79 Å². The van der Waals surface area contributed by atoms with Crippen LogP contribution < -0.4 is 15.4 Å². The second kappa shape index (κ2) is 8.30. The Kier molecular flexibility index (Phi) is 5.39. The smallest absolute Gasteiger partial charge is 0.251 e. The van der Waals surface area contributed by atoms with E-state index in [-0.39, 0.29) is 35.9 Å². The summed E-state index contributed by atoms with van der Waals surface area (Å²) in [7, 11) is 0. The molecule has 1 aromatic carbocycles. The molecule has 1 aromatic rings. The normalized spacial score (nSPS) is 39.2. The number of ether oxygens (including phenoxy) is 1. The number of hydrogen-bond acceptors (Lipinski definition) is 4. The van der Waals surface area contributed by atoms with Crippen molar-refractivity contribution in [3.63, 3.8) is 0 Å². The lowest BCUT2D eigenvalue weighted by atomic mass is 9.52. The van der Waals surface area contributed by atoms with Gasteiger partial charge in [-0.15, -0.1) is 0 Å². The molecule has 4 bridgehead atoms. The molecule has 0 saturated heterocycles. The lowest BCUT2D eigenvalue weighted by molar-refractivity contribution is -0.136. The monoisotopic (exact) mass is 452 g/mol. The topological polar surface area (TPSA) is 87.7 Å². The molecular weight excluding hydrogens is 416 g/mol. The first-order valence-electron chi connectivity index (χ1n) is 13.0. The SMILES string of the molecule is O=C(NC1C2CC3CC1CC(O)(C3)C2)c1ccc(OC2CCC(NC(=O)C3CC3)CC2)cc1. The molecule has 2 amide bonds. The molecule has 2 atom stereocenters. The molecule has 178 valence electrons. The molecule has 2 unspecified atom stereocenters. The standard InChI is InChI=1S/C27H36N2O4/c30-25(17-1-2-17)28-21-5-9-23(10-6-21)33-22-7-3-18(4-8-22)26(31)29-24-19-11-16-12-20(24)15-27(32,13-16)14-19/h3-4,7-8,16-17,19-21,23-24,32H,1-2,5-6,9-15H2,(H,28,30)(H,29,31). The second-order valence-corrected chi connectivity index (χ2v) is 11.6. The van der Waals surface area contributed by atoms with Gasteiger partial charge in [0, 0.05) is 23.6 Å². The van der Waals surface area contributed by atoms with Crippen LogP contribution in [0, 0.1) is 23.7 Å². The molecule has 6 fully saturated rings. The van der Waals surface area contributed by atoms with Gasteiger partial charge in [-0.3, -0.25) is 9.59 Å². The highest BCUT2D eigenvalue weighted by Gasteiger charge is 2.55. The zero-order valence-corrected chi connectivity index (χ0v) is 19.3. The van der Waals surface area contributed by atoms with Crippen LogP contribution in [-0.4, -0.2) is 40.7 Å². The van der Waals surface area contributed by atoms with E-state index in [0.717, 1.165) is 76.4 Å². The Labute approximate surface area is 195 Å². The highest BCUT2D eigenvalue weighted by atomic mass is 16.5. The van der Waals surface area contributed by atoms with Crippen LogP contribution in [0.4, 0.5) is 0 Å². The summed E-state index contributed by atoms with van der Waals surface area (Å²) in [5.41, 5.74) is 0.194. The third-order valence-corrected chi connectivity index (χ3v) is 8.93. The average Bonchev–Trinajstić information content (AvgIpc) is 3.62. The van der Waals surface area contributed by atoms with Crippen molar-refractivity contribution >= 4 is 11.8 Å². The summed E-state index contributed by atoms with van der Waals surface area (Å²) in [5.74, 6) is 2.75. The first kappa shape index (κ1) is 21.5. The van der Waals surface area contributed by atoms with Crippen LogP contribution in [0.1, 0.15) is 81.0 Å². The molecule has 6 aliphatic rings. The van der Waals surface area contributed by atoms with Crippen molar-refractivity contribution < 1.29 is 19.4 Å². The van der Waals surface area contributed by atoms with Crippen molar-refractivity contribution in [2.75, 3.05) is 0 Å². The molecule has 6 saturated carbocycles. The maximum Gasteiger partial charge on any atom is 0.251 e. The number of benzene rings is 1. The zero-order chi connectivity index (χ0) is 22.6. The Morgan fingerprint density at radius 2 is 1.55 bits per heavy atom. The van der Waals surface area contributed by atoms with Gasteiger partial charge < -0.3 is 20.5 Å². The number of nitrogens with one attached hydrogen (secondary N) is 2. The van der Waals surface area contributed by atoms with E-state index in [2.05, 4.69) is 10.6 Å². The summed E-state index contributed by atoms with van der Waals surface area (Å²) in [4.78, 5) is 24.9. The van der Waals surface area contributed by atoms with E-state index in [1.165, 1.54) is 0 Å². The number of carbonyl (C=O) groups is 2. The molecule has 33 heavy (non-hydrogen) atoms. The van der Waals surface area contributed by atoms with Gasteiger partial charge in [0.1, 0.15) is 5.75 Å². The second-order valence-electron chi connectivity index (χ2n) is 11.6. The molecule has 6 nitrogen and oxygen atoms in total. The molecule has 7 rings (SSSR count). The van der Waals surface area contributed by atoms with Crippen LogP contribution in [0.5, 0.6) is 5.75 Å². The summed E-state index contributed by atoms with van der Waals surface area (Å²) < 4.78 is 6.17. The third-order valence-electron chi connectivity index (χ3n) is 8.93. The van der Waals surface area contributed by atoms with Gasteiger partial charge in [-0.05, 0) is 113 Å². The van der Waals surface area contributed by atoms with Crippen LogP contribution in [0.15, 0.2) is 24.3 Å². The van der Waals surface area contributed by atoms with E-state index in [0.29, 0.717) is 23.3 Å². The summed E-state index contributed by atoms with van der Waals surface area (Å²) in [5, 5.41) is 17.3. The fraction of sp³-hybridized carbons (Fsp3) is 0.704. The van der Waals surface area contributed by atoms with Crippen molar-refractivity contribution in [3.05, 3.63) is 29.8 Å². The maximum atomic E-state index is 12.9. The van der Waals surface area contributed by atoms with Crippen molar-refractivity contribution in [1.29, 1.82) is 0 Å². The van der Waals surface area contributed by atoms with Gasteiger partial charge in [0.2, 0.25) is 5.91 Å². The lowest BCUT2D eigenvalue weighted by Gasteiger charge is -2.58. The number of hydrogen-bond donors (Lipinski definition) is 3. The first-order valence-corrected chi connectivity index (χ1v) is 13.0. The van der Waals surface area contributed by atoms with Crippen molar-refractivity contribution in [2.24, 2.45) is 23.7 Å². The van der Waals surface area contributed by atoms with E-state index in [9.17, 15) is 14.7 Å². The Hall–Kier alpha value is -2.08. The van der Waals surface area contributed by atoms with Crippen molar-refractivity contribution in [1.82, 2.24) is 10.6 Å². The molecule has 0 aliphatic heterocycles. The zero-order valence-electron chi connectivity index (χ0n) is 19.3. The van der Waals surface area contributed by atoms with Gasteiger partial charge in [0.05, 0.1) is 11.7 Å². The van der Waals surface area contributed by atoms with Gasteiger partial charge in [-0.2, -0.15) is 0 Å². The quantitative estimate of drug-likeness (QED) is 0.616. The predicted molar refractivity (Wildman–Crippen MR) is 124 cm³/mol. The average molecular weight is 453 g/mol. The van der Waals surface area contributed by atoms with Crippen molar-refractivity contribution in [3.8, 4) is 5.75 Å². The minimum Gasteiger partial charge on any atom is -0.490 e. The molecular formula is C27H36N2O4. The minimum atomic E-state index is -0.474. The van der Waals surface area contributed by atoms with E-state index in [4.69, 9.17) is 4.74 Å². The molecule has 0 heterocycles. The van der Waals surface area contributed by atoms with Crippen LogP contribution >= 0.6 is 0 Å². The Morgan fingerprint density at radius 3 is 2.15 bits per heavy atom. The van der Waals surface area contributed by atoms with Gasteiger partial charge in [-0.1, -0.05) is 0 Å². The van der Waals surface area contributed by atoms with E-state index >= 15 is 0 Å². The number of amides is 2. The van der Waals surface area contributed by atoms with Gasteiger partial charge >= 0.3 is 0 Å². The summed E-state index contributed by atoms with van der Waals surface area (Å²) in [6.45, 7) is 0. The number of carbonyl (C=O) groups excluding carboxylic acids is 2. The van der Waals surface area contributed by atoms with Gasteiger partial charge in [0.15, 0.2) is 0 Å². The largest absolute Gasteiger partial charge is 0.490 e. The molecule has 0 aromatic heterocycles. The fourth-order valence-electron chi connectivity index (χ4n) is 7.32. The molecule has 6 heteroatoms. The summed E-state index contributed by atoms with van der Waals surface area (Å²) >= 11 is 0. The lowest BCUT2D eigenvalue weighted by Crippen LogP contribution is -2.61. The van der Waals surface area contributed by atoms with Gasteiger partial charge in [0.25, 0.3) is 5.91 Å². The number of rotatable bonds is 6. The van der Waals surface area contributed by atoms with E-state index in [1.807, 2.05) is 24.3 Å². The highest BCUT2D eigenvalue weighted by Crippen LogP contribution is 2.55.